The predicted octanol–water partition coefficient (Wildman–Crippen LogP) is 2.22. The molecule has 0 amide bonds. The maximum Gasteiger partial charge on any atom is 0.133 e. The third-order valence-electron chi connectivity index (χ3n) is 2.61. The van der Waals surface area contributed by atoms with Crippen molar-refractivity contribution in [3.05, 3.63) is 28.2 Å². The van der Waals surface area contributed by atoms with Crippen LogP contribution < -0.4 is 10.1 Å². The molecule has 2 rings (SSSR count). The van der Waals surface area contributed by atoms with Gasteiger partial charge in [-0.1, -0.05) is 6.07 Å². The van der Waals surface area contributed by atoms with Gasteiger partial charge in [0.05, 0.1) is 11.6 Å². The molecule has 76 valence electrons. The van der Waals surface area contributed by atoms with Crippen LogP contribution in [0.2, 0.25) is 0 Å². The highest BCUT2D eigenvalue weighted by molar-refractivity contribution is 9.10. The van der Waals surface area contributed by atoms with Crippen molar-refractivity contribution in [1.82, 2.24) is 5.32 Å². The topological polar surface area (TPSA) is 21.3 Å². The molecule has 0 spiro atoms. The summed E-state index contributed by atoms with van der Waals surface area (Å²) in [6, 6.07) is 6.33. The number of hydrogen-bond donors (Lipinski definition) is 1. The first-order chi connectivity index (χ1) is 6.79. The van der Waals surface area contributed by atoms with Crippen molar-refractivity contribution in [2.75, 3.05) is 20.2 Å². The largest absolute Gasteiger partial charge is 0.496 e. The number of ether oxygens (including phenoxy) is 1. The molecular formula is C11H14BrNO. The smallest absolute Gasteiger partial charge is 0.133 e. The molecule has 3 heteroatoms. The van der Waals surface area contributed by atoms with Crippen molar-refractivity contribution in [3.63, 3.8) is 0 Å². The van der Waals surface area contributed by atoms with Gasteiger partial charge in [-0.25, -0.2) is 0 Å². The predicted molar refractivity (Wildman–Crippen MR) is 60.8 cm³/mol. The maximum atomic E-state index is 5.26. The number of hydrogen-bond acceptors (Lipinski definition) is 2. The monoisotopic (exact) mass is 255 g/mol. The van der Waals surface area contributed by atoms with Crippen LogP contribution in [0, 0.1) is 5.92 Å². The van der Waals surface area contributed by atoms with E-state index in [-0.39, 0.29) is 0 Å². The molecule has 1 heterocycles. The molecular weight excluding hydrogens is 242 g/mol. The Balaban J connectivity index is 2.09. The fraction of sp³-hybridized carbons (Fsp3) is 0.455. The van der Waals surface area contributed by atoms with Gasteiger partial charge >= 0.3 is 0 Å². The molecule has 0 aromatic heterocycles. The Hall–Kier alpha value is -0.540. The Morgan fingerprint density at radius 3 is 2.86 bits per heavy atom. The van der Waals surface area contributed by atoms with E-state index in [0.717, 1.165) is 35.7 Å². The summed E-state index contributed by atoms with van der Waals surface area (Å²) < 4.78 is 6.28. The van der Waals surface area contributed by atoms with E-state index in [0.29, 0.717) is 0 Å². The Bertz CT molecular complexity index is 323. The zero-order chi connectivity index (χ0) is 9.97. The summed E-state index contributed by atoms with van der Waals surface area (Å²) in [4.78, 5) is 0. The summed E-state index contributed by atoms with van der Waals surface area (Å²) in [7, 11) is 1.70. The Morgan fingerprint density at radius 1 is 1.50 bits per heavy atom. The van der Waals surface area contributed by atoms with Gasteiger partial charge < -0.3 is 10.1 Å². The lowest BCUT2D eigenvalue weighted by Crippen LogP contribution is -2.43. The maximum absolute atomic E-state index is 5.26. The zero-order valence-corrected chi connectivity index (χ0v) is 9.80. The second-order valence-corrected chi connectivity index (χ2v) is 4.55. The van der Waals surface area contributed by atoms with E-state index in [9.17, 15) is 0 Å². The normalized spacial score (nSPS) is 16.4. The summed E-state index contributed by atoms with van der Waals surface area (Å²) >= 11 is 3.45. The van der Waals surface area contributed by atoms with Gasteiger partial charge in [-0.05, 0) is 59.1 Å². The molecule has 1 fully saturated rings. The molecule has 1 aliphatic heterocycles. The van der Waals surface area contributed by atoms with Crippen molar-refractivity contribution < 1.29 is 4.74 Å². The first kappa shape index (κ1) is 9.99. The van der Waals surface area contributed by atoms with Crippen molar-refractivity contribution in [2.45, 2.75) is 6.42 Å². The fourth-order valence-corrected chi connectivity index (χ4v) is 2.07. The molecule has 0 radical (unpaired) electrons. The average Bonchev–Trinajstić information content (AvgIpc) is 2.14. The quantitative estimate of drug-likeness (QED) is 0.895. The van der Waals surface area contributed by atoms with Crippen LogP contribution in [0.25, 0.3) is 0 Å². The van der Waals surface area contributed by atoms with Gasteiger partial charge in [-0.2, -0.15) is 0 Å². The molecule has 1 saturated heterocycles. The van der Waals surface area contributed by atoms with Gasteiger partial charge in [0.25, 0.3) is 0 Å². The van der Waals surface area contributed by atoms with Crippen LogP contribution in [0.5, 0.6) is 5.75 Å². The van der Waals surface area contributed by atoms with Crippen LogP contribution in [0.4, 0.5) is 0 Å². The summed E-state index contributed by atoms with van der Waals surface area (Å²) in [6.45, 7) is 2.30. The zero-order valence-electron chi connectivity index (χ0n) is 8.22. The second-order valence-electron chi connectivity index (χ2n) is 3.70. The lowest BCUT2D eigenvalue weighted by Gasteiger charge is -2.27. The number of rotatable bonds is 3. The third kappa shape index (κ3) is 2.10. The number of nitrogens with one attached hydrogen (secondary N) is 1. The van der Waals surface area contributed by atoms with E-state index >= 15 is 0 Å². The molecule has 1 aromatic rings. The van der Waals surface area contributed by atoms with Crippen molar-refractivity contribution in [2.24, 2.45) is 5.92 Å². The van der Waals surface area contributed by atoms with E-state index in [1.807, 2.05) is 0 Å². The average molecular weight is 256 g/mol. The molecule has 2 nitrogen and oxygen atoms in total. The number of benzene rings is 1. The van der Waals surface area contributed by atoms with Gasteiger partial charge in [-0.3, -0.25) is 0 Å². The van der Waals surface area contributed by atoms with Gasteiger partial charge in [0.15, 0.2) is 0 Å². The molecule has 0 unspecified atom stereocenters. The first-order valence-corrected chi connectivity index (χ1v) is 5.62. The molecule has 0 bridgehead atoms. The van der Waals surface area contributed by atoms with Crippen molar-refractivity contribution >= 4 is 15.9 Å². The van der Waals surface area contributed by atoms with Gasteiger partial charge in [0.2, 0.25) is 0 Å². The summed E-state index contributed by atoms with van der Waals surface area (Å²) in [6.07, 6.45) is 1.15. The van der Waals surface area contributed by atoms with E-state index in [2.05, 4.69) is 39.4 Å². The molecule has 1 aromatic carbocycles. The third-order valence-corrected chi connectivity index (χ3v) is 3.26. The summed E-state index contributed by atoms with van der Waals surface area (Å²) in [5.74, 6) is 1.73. The highest BCUT2D eigenvalue weighted by atomic mass is 79.9. The molecule has 0 saturated carbocycles. The Labute approximate surface area is 92.8 Å². The minimum Gasteiger partial charge on any atom is -0.496 e. The van der Waals surface area contributed by atoms with E-state index in [1.165, 1.54) is 5.56 Å². The molecule has 14 heavy (non-hydrogen) atoms. The van der Waals surface area contributed by atoms with E-state index < -0.39 is 0 Å². The minimum absolute atomic E-state index is 0.806. The molecule has 0 aliphatic carbocycles. The molecule has 0 atom stereocenters. The number of methoxy groups -OCH3 is 1. The van der Waals surface area contributed by atoms with Gasteiger partial charge in [-0.15, -0.1) is 0 Å². The lowest BCUT2D eigenvalue weighted by molar-refractivity contribution is 0.345. The van der Waals surface area contributed by atoms with Crippen LogP contribution in [0.15, 0.2) is 22.7 Å². The van der Waals surface area contributed by atoms with Crippen LogP contribution in [-0.2, 0) is 6.42 Å². The van der Waals surface area contributed by atoms with Gasteiger partial charge in [0.1, 0.15) is 5.75 Å². The highest BCUT2D eigenvalue weighted by Crippen LogP contribution is 2.26. The second kappa shape index (κ2) is 4.32. The van der Waals surface area contributed by atoms with E-state index in [4.69, 9.17) is 4.74 Å². The fourth-order valence-electron chi connectivity index (χ4n) is 1.66. The Morgan fingerprint density at radius 2 is 2.29 bits per heavy atom. The van der Waals surface area contributed by atoms with Crippen LogP contribution in [-0.4, -0.2) is 20.2 Å². The van der Waals surface area contributed by atoms with Crippen LogP contribution >= 0.6 is 15.9 Å². The highest BCUT2D eigenvalue weighted by Gasteiger charge is 2.17. The molecule has 1 N–H and O–H groups in total. The SMILES string of the molecule is COc1cc(CC2CNC2)ccc1Br. The van der Waals surface area contributed by atoms with E-state index in [1.54, 1.807) is 7.11 Å². The summed E-state index contributed by atoms with van der Waals surface area (Å²) in [5, 5.41) is 3.28. The summed E-state index contributed by atoms with van der Waals surface area (Å²) in [5.41, 5.74) is 1.36. The minimum atomic E-state index is 0.806. The standard InChI is InChI=1S/C11H14BrNO/c1-14-11-5-8(2-3-10(11)12)4-9-6-13-7-9/h2-3,5,9,13H,4,6-7H2,1H3. The van der Waals surface area contributed by atoms with Crippen molar-refractivity contribution in [3.8, 4) is 5.75 Å². The molecule has 1 aliphatic rings. The lowest BCUT2D eigenvalue weighted by atomic mass is 9.94. The van der Waals surface area contributed by atoms with Crippen LogP contribution in [0.3, 0.4) is 0 Å². The first-order valence-electron chi connectivity index (χ1n) is 4.82. The van der Waals surface area contributed by atoms with Gasteiger partial charge in [0, 0.05) is 0 Å². The number of halogens is 1. The van der Waals surface area contributed by atoms with Crippen molar-refractivity contribution in [1.29, 1.82) is 0 Å². The van der Waals surface area contributed by atoms with Crippen LogP contribution in [0.1, 0.15) is 5.56 Å². The Kier molecular flexibility index (Phi) is 3.08.